The maximum Gasteiger partial charge on any atom is 0.404 e. The van der Waals surface area contributed by atoms with Crippen LogP contribution in [0, 0.1) is 0 Å². The first-order valence-electron chi connectivity index (χ1n) is 4.55. The first-order chi connectivity index (χ1) is 8.00. The van der Waals surface area contributed by atoms with E-state index in [9.17, 15) is 9.59 Å². The Morgan fingerprint density at radius 3 is 2.82 bits per heavy atom. The van der Waals surface area contributed by atoms with Gasteiger partial charge < -0.3 is 20.9 Å². The third kappa shape index (κ3) is 4.15. The number of pyridine rings is 1. The van der Waals surface area contributed by atoms with Crippen LogP contribution in [-0.2, 0) is 4.74 Å². The summed E-state index contributed by atoms with van der Waals surface area (Å²) in [6, 6.07) is 1.27. The number of ether oxygens (including phenoxy) is 1. The van der Waals surface area contributed by atoms with E-state index in [1.54, 1.807) is 0 Å². The minimum atomic E-state index is -1.11. The predicted molar refractivity (Wildman–Crippen MR) is 60.2 cm³/mol. The zero-order chi connectivity index (χ0) is 12.8. The van der Waals surface area contributed by atoms with Gasteiger partial charge in [-0.2, -0.15) is 0 Å². The molecule has 0 aliphatic carbocycles. The second kappa shape index (κ2) is 5.90. The van der Waals surface area contributed by atoms with E-state index in [4.69, 9.17) is 22.4 Å². The number of nitrogens with zero attached hydrogens (tertiary/aromatic N) is 1. The SMILES string of the molecule is NC(=O)OCCNc1ncc(C(=O)O)cc1Cl. The molecule has 0 atom stereocenters. The van der Waals surface area contributed by atoms with Crippen molar-refractivity contribution in [1.29, 1.82) is 0 Å². The number of carboxylic acid groups (broad SMARTS) is 1. The van der Waals surface area contributed by atoms with E-state index in [2.05, 4.69) is 15.0 Å². The number of hydrogen-bond donors (Lipinski definition) is 3. The van der Waals surface area contributed by atoms with E-state index in [0.29, 0.717) is 5.82 Å². The second-order valence-electron chi connectivity index (χ2n) is 2.95. The minimum Gasteiger partial charge on any atom is -0.478 e. The Morgan fingerprint density at radius 1 is 1.59 bits per heavy atom. The molecule has 92 valence electrons. The van der Waals surface area contributed by atoms with Gasteiger partial charge in [0.1, 0.15) is 12.4 Å². The molecule has 1 aromatic rings. The van der Waals surface area contributed by atoms with Crippen LogP contribution in [0.4, 0.5) is 10.6 Å². The van der Waals surface area contributed by atoms with Crippen LogP contribution in [-0.4, -0.2) is 35.3 Å². The van der Waals surface area contributed by atoms with Crippen LogP contribution in [0.2, 0.25) is 5.02 Å². The van der Waals surface area contributed by atoms with Gasteiger partial charge in [0.15, 0.2) is 0 Å². The Morgan fingerprint density at radius 2 is 2.29 bits per heavy atom. The number of carbonyl (C=O) groups excluding carboxylic acids is 1. The maximum absolute atomic E-state index is 10.6. The van der Waals surface area contributed by atoms with Crippen molar-refractivity contribution >= 4 is 29.5 Å². The van der Waals surface area contributed by atoms with Crippen molar-refractivity contribution in [2.45, 2.75) is 0 Å². The smallest absolute Gasteiger partial charge is 0.404 e. The zero-order valence-corrected chi connectivity index (χ0v) is 9.40. The molecule has 1 aromatic heterocycles. The van der Waals surface area contributed by atoms with Crippen molar-refractivity contribution in [2.75, 3.05) is 18.5 Å². The third-order valence-electron chi connectivity index (χ3n) is 1.73. The van der Waals surface area contributed by atoms with Gasteiger partial charge in [-0.25, -0.2) is 14.6 Å². The average Bonchev–Trinajstić information content (AvgIpc) is 2.25. The van der Waals surface area contributed by atoms with Crippen molar-refractivity contribution in [3.05, 3.63) is 22.8 Å². The number of primary amides is 1. The molecule has 0 saturated heterocycles. The van der Waals surface area contributed by atoms with Crippen LogP contribution in [0.5, 0.6) is 0 Å². The van der Waals surface area contributed by atoms with Crippen molar-refractivity contribution < 1.29 is 19.4 Å². The van der Waals surface area contributed by atoms with Gasteiger partial charge in [0, 0.05) is 6.20 Å². The highest BCUT2D eigenvalue weighted by molar-refractivity contribution is 6.33. The first kappa shape index (κ1) is 13.0. The number of rotatable bonds is 5. The Labute approximate surface area is 102 Å². The molecule has 0 spiro atoms. The number of aromatic nitrogens is 1. The molecule has 1 rings (SSSR count). The highest BCUT2D eigenvalue weighted by Crippen LogP contribution is 2.19. The number of amides is 1. The summed E-state index contributed by atoms with van der Waals surface area (Å²) in [4.78, 5) is 24.7. The quantitative estimate of drug-likeness (QED) is 0.678. The largest absolute Gasteiger partial charge is 0.478 e. The van der Waals surface area contributed by atoms with Crippen LogP contribution >= 0.6 is 11.6 Å². The Bertz CT molecular complexity index is 438. The lowest BCUT2D eigenvalue weighted by Crippen LogP contribution is -2.18. The molecule has 7 nitrogen and oxygen atoms in total. The van der Waals surface area contributed by atoms with Gasteiger partial charge in [0.25, 0.3) is 0 Å². The number of carbonyl (C=O) groups is 2. The zero-order valence-electron chi connectivity index (χ0n) is 8.64. The number of nitrogens with two attached hydrogens (primary N) is 1. The summed E-state index contributed by atoms with van der Waals surface area (Å²) in [5, 5.41) is 11.6. The number of anilines is 1. The topological polar surface area (TPSA) is 115 Å². The van der Waals surface area contributed by atoms with Gasteiger partial charge in [-0.3, -0.25) is 0 Å². The average molecular weight is 260 g/mol. The van der Waals surface area contributed by atoms with Gasteiger partial charge in [-0.05, 0) is 6.07 Å². The maximum atomic E-state index is 10.6. The number of hydrogen-bond acceptors (Lipinski definition) is 5. The van der Waals surface area contributed by atoms with Crippen LogP contribution in [0.25, 0.3) is 0 Å². The van der Waals surface area contributed by atoms with E-state index in [1.807, 2.05) is 0 Å². The van der Waals surface area contributed by atoms with E-state index in [0.717, 1.165) is 0 Å². The summed E-state index contributed by atoms with van der Waals surface area (Å²) in [6.45, 7) is 0.329. The van der Waals surface area contributed by atoms with Crippen molar-refractivity contribution in [1.82, 2.24) is 4.98 Å². The summed E-state index contributed by atoms with van der Waals surface area (Å²) in [5.74, 6) is -0.798. The van der Waals surface area contributed by atoms with Crippen LogP contribution in [0.1, 0.15) is 10.4 Å². The van der Waals surface area contributed by atoms with E-state index in [-0.39, 0.29) is 23.7 Å². The van der Waals surface area contributed by atoms with E-state index < -0.39 is 12.1 Å². The molecule has 1 heterocycles. The summed E-state index contributed by atoms with van der Waals surface area (Å²) < 4.78 is 4.48. The molecule has 8 heteroatoms. The summed E-state index contributed by atoms with van der Waals surface area (Å²) in [7, 11) is 0. The van der Waals surface area contributed by atoms with Crippen molar-refractivity contribution in [2.24, 2.45) is 5.73 Å². The first-order valence-corrected chi connectivity index (χ1v) is 4.93. The number of carboxylic acids is 1. The third-order valence-corrected chi connectivity index (χ3v) is 2.02. The lowest BCUT2D eigenvalue weighted by atomic mass is 10.3. The molecule has 17 heavy (non-hydrogen) atoms. The summed E-state index contributed by atoms with van der Waals surface area (Å²) in [6.07, 6.45) is 0.304. The van der Waals surface area contributed by atoms with Crippen molar-refractivity contribution in [3.8, 4) is 0 Å². The standard InChI is InChI=1S/C9H10ClN3O4/c10-6-3-5(8(14)15)4-13-7(6)12-1-2-17-9(11)16/h3-4H,1-2H2,(H2,11,16)(H,12,13)(H,14,15). The van der Waals surface area contributed by atoms with Crippen molar-refractivity contribution in [3.63, 3.8) is 0 Å². The molecule has 0 unspecified atom stereocenters. The second-order valence-corrected chi connectivity index (χ2v) is 3.36. The predicted octanol–water partition coefficient (Wildman–Crippen LogP) is 0.940. The fraction of sp³-hybridized carbons (Fsp3) is 0.222. The van der Waals surface area contributed by atoms with Gasteiger partial charge in [0.2, 0.25) is 0 Å². The molecule has 0 aliphatic heterocycles. The molecule has 0 aliphatic rings. The van der Waals surface area contributed by atoms with E-state index >= 15 is 0 Å². The van der Waals surface area contributed by atoms with Gasteiger partial charge in [-0.15, -0.1) is 0 Å². The molecule has 4 N–H and O–H groups in total. The summed E-state index contributed by atoms with van der Waals surface area (Å²) in [5.41, 5.74) is 4.75. The van der Waals surface area contributed by atoms with Crippen LogP contribution in [0.15, 0.2) is 12.3 Å². The molecule has 0 saturated carbocycles. The molecule has 0 fully saturated rings. The molecule has 1 amide bonds. The number of nitrogens with one attached hydrogen (secondary N) is 1. The lowest BCUT2D eigenvalue weighted by Gasteiger charge is -2.07. The van der Waals surface area contributed by atoms with Gasteiger partial charge in [0.05, 0.1) is 17.1 Å². The normalized spacial score (nSPS) is 9.71. The number of halogens is 1. The Hall–Kier alpha value is -2.02. The molecular formula is C9H10ClN3O4. The molecular weight excluding hydrogens is 250 g/mol. The minimum absolute atomic E-state index is 0.00561. The Kier molecular flexibility index (Phi) is 4.53. The summed E-state index contributed by atoms with van der Waals surface area (Å²) >= 11 is 5.79. The highest BCUT2D eigenvalue weighted by Gasteiger charge is 2.08. The lowest BCUT2D eigenvalue weighted by molar-refractivity contribution is 0.0696. The molecule has 0 bridgehead atoms. The van der Waals surface area contributed by atoms with Crippen LogP contribution in [0.3, 0.4) is 0 Å². The highest BCUT2D eigenvalue weighted by atomic mass is 35.5. The molecule has 0 radical (unpaired) electrons. The van der Waals surface area contributed by atoms with Gasteiger partial charge >= 0.3 is 12.1 Å². The monoisotopic (exact) mass is 259 g/mol. The Balaban J connectivity index is 2.54. The fourth-order valence-electron chi connectivity index (χ4n) is 1.01. The van der Waals surface area contributed by atoms with Gasteiger partial charge in [-0.1, -0.05) is 11.6 Å². The fourth-order valence-corrected chi connectivity index (χ4v) is 1.24. The molecule has 0 aromatic carbocycles. The number of aromatic carboxylic acids is 1. The van der Waals surface area contributed by atoms with E-state index in [1.165, 1.54) is 12.3 Å². The van der Waals surface area contributed by atoms with Crippen LogP contribution < -0.4 is 11.1 Å².